The van der Waals surface area contributed by atoms with Crippen LogP contribution in [0.15, 0.2) is 11.1 Å². The molecule has 0 bridgehead atoms. The van der Waals surface area contributed by atoms with Crippen LogP contribution in [0.25, 0.3) is 0 Å². The summed E-state index contributed by atoms with van der Waals surface area (Å²) < 4.78 is 0. The van der Waals surface area contributed by atoms with E-state index in [-0.39, 0.29) is 5.41 Å². The summed E-state index contributed by atoms with van der Waals surface area (Å²) >= 11 is 0. The molecule has 6 atom stereocenters. The molecule has 0 aromatic carbocycles. The molecular formula is C20H32O2. The number of rotatable bonds is 0. The molecule has 0 heterocycles. The van der Waals surface area contributed by atoms with E-state index in [4.69, 9.17) is 0 Å². The van der Waals surface area contributed by atoms with Gasteiger partial charge < -0.3 is 10.2 Å². The minimum atomic E-state index is -0.504. The molecule has 0 spiro atoms. The SMILES string of the molecule is CC1(C)CCC2=C1CC[C@H]1[C@H]2CC[C@H]2C[C@H](O)C(O)C[C@@]21C. The maximum absolute atomic E-state index is 10.3. The van der Waals surface area contributed by atoms with Gasteiger partial charge in [-0.3, -0.25) is 0 Å². The second kappa shape index (κ2) is 4.83. The molecule has 0 radical (unpaired) electrons. The van der Waals surface area contributed by atoms with E-state index >= 15 is 0 Å². The first-order valence-electron chi connectivity index (χ1n) is 9.41. The maximum atomic E-state index is 10.3. The number of fused-ring (bicyclic) bond motifs is 4. The van der Waals surface area contributed by atoms with Gasteiger partial charge >= 0.3 is 0 Å². The molecule has 4 aliphatic carbocycles. The molecule has 0 aromatic rings. The van der Waals surface area contributed by atoms with E-state index in [0.717, 1.165) is 24.7 Å². The van der Waals surface area contributed by atoms with Crippen LogP contribution >= 0.6 is 0 Å². The topological polar surface area (TPSA) is 40.5 Å². The van der Waals surface area contributed by atoms with Crippen LogP contribution in [0.5, 0.6) is 0 Å². The van der Waals surface area contributed by atoms with Crippen molar-refractivity contribution in [3.05, 3.63) is 11.1 Å². The Kier molecular flexibility index (Phi) is 3.34. The summed E-state index contributed by atoms with van der Waals surface area (Å²) in [5.41, 5.74) is 4.27. The van der Waals surface area contributed by atoms with Crippen molar-refractivity contribution in [2.75, 3.05) is 0 Å². The minimum Gasteiger partial charge on any atom is -0.390 e. The van der Waals surface area contributed by atoms with Gasteiger partial charge in [0.1, 0.15) is 0 Å². The van der Waals surface area contributed by atoms with Gasteiger partial charge in [-0.1, -0.05) is 31.9 Å². The second-order valence-electron chi connectivity index (χ2n) is 9.49. The van der Waals surface area contributed by atoms with E-state index in [0.29, 0.717) is 11.3 Å². The summed E-state index contributed by atoms with van der Waals surface area (Å²) in [4.78, 5) is 0. The molecule has 2 fully saturated rings. The lowest BCUT2D eigenvalue weighted by Crippen LogP contribution is -2.53. The fourth-order valence-electron chi connectivity index (χ4n) is 6.75. The van der Waals surface area contributed by atoms with E-state index in [1.54, 1.807) is 11.1 Å². The summed E-state index contributed by atoms with van der Waals surface area (Å²) in [6.45, 7) is 7.29. The van der Waals surface area contributed by atoms with Gasteiger partial charge in [0.15, 0.2) is 0 Å². The summed E-state index contributed by atoms with van der Waals surface area (Å²) in [6.07, 6.45) is 8.45. The fourth-order valence-corrected chi connectivity index (χ4v) is 6.75. The molecule has 4 aliphatic rings. The molecular weight excluding hydrogens is 272 g/mol. The van der Waals surface area contributed by atoms with Gasteiger partial charge in [-0.25, -0.2) is 0 Å². The van der Waals surface area contributed by atoms with Gasteiger partial charge in [-0.05, 0) is 80.0 Å². The maximum Gasteiger partial charge on any atom is 0.0804 e. The van der Waals surface area contributed by atoms with Crippen LogP contribution in [-0.4, -0.2) is 22.4 Å². The van der Waals surface area contributed by atoms with Crippen LogP contribution in [0.3, 0.4) is 0 Å². The van der Waals surface area contributed by atoms with Crippen molar-refractivity contribution in [2.24, 2.45) is 28.6 Å². The third-order valence-corrected chi connectivity index (χ3v) is 8.09. The number of aliphatic hydroxyl groups is 2. The molecule has 22 heavy (non-hydrogen) atoms. The second-order valence-corrected chi connectivity index (χ2v) is 9.49. The minimum absolute atomic E-state index is 0.243. The number of allylic oxidation sites excluding steroid dienone is 2. The van der Waals surface area contributed by atoms with E-state index in [1.165, 1.54) is 38.5 Å². The number of hydrogen-bond acceptors (Lipinski definition) is 2. The molecule has 2 nitrogen and oxygen atoms in total. The fraction of sp³-hybridized carbons (Fsp3) is 0.900. The Morgan fingerprint density at radius 2 is 1.73 bits per heavy atom. The first-order valence-corrected chi connectivity index (χ1v) is 9.41. The molecule has 0 aromatic heterocycles. The van der Waals surface area contributed by atoms with Crippen molar-refractivity contribution in [1.82, 2.24) is 0 Å². The van der Waals surface area contributed by atoms with Crippen LogP contribution in [-0.2, 0) is 0 Å². The quantitative estimate of drug-likeness (QED) is 0.663. The molecule has 2 N–H and O–H groups in total. The zero-order valence-corrected chi connectivity index (χ0v) is 14.4. The molecule has 4 rings (SSSR count). The van der Waals surface area contributed by atoms with Crippen molar-refractivity contribution in [3.8, 4) is 0 Å². The Morgan fingerprint density at radius 3 is 2.50 bits per heavy atom. The van der Waals surface area contributed by atoms with E-state index in [2.05, 4.69) is 20.8 Å². The largest absolute Gasteiger partial charge is 0.390 e. The summed E-state index contributed by atoms with van der Waals surface area (Å²) in [6, 6.07) is 0. The Labute approximate surface area is 135 Å². The summed E-state index contributed by atoms with van der Waals surface area (Å²) in [5, 5.41) is 20.4. The van der Waals surface area contributed by atoms with E-state index in [1.807, 2.05) is 0 Å². The lowest BCUT2D eigenvalue weighted by Gasteiger charge is -2.57. The first-order chi connectivity index (χ1) is 10.3. The highest BCUT2D eigenvalue weighted by atomic mass is 16.3. The van der Waals surface area contributed by atoms with Crippen LogP contribution in [0.4, 0.5) is 0 Å². The standard InChI is InChI=1S/C20H32O2/c1-19(2)9-8-14-13-5-4-12-10-17(21)18(22)11-20(12,3)16(13)7-6-15(14)19/h12-13,16-18,21-22H,4-11H2,1-3H3/t12-,13-,16-,17-,18?,20-/m0/s1. The van der Waals surface area contributed by atoms with Crippen molar-refractivity contribution >= 4 is 0 Å². The highest BCUT2D eigenvalue weighted by molar-refractivity contribution is 5.33. The van der Waals surface area contributed by atoms with Gasteiger partial charge in [0.25, 0.3) is 0 Å². The van der Waals surface area contributed by atoms with E-state index < -0.39 is 12.2 Å². The highest BCUT2D eigenvalue weighted by Gasteiger charge is 2.55. The molecule has 0 saturated heterocycles. The number of aliphatic hydroxyl groups excluding tert-OH is 2. The highest BCUT2D eigenvalue weighted by Crippen LogP contribution is 2.63. The molecule has 0 aliphatic heterocycles. The zero-order valence-electron chi connectivity index (χ0n) is 14.4. The predicted octanol–water partition coefficient (Wildman–Crippen LogP) is 4.06. The van der Waals surface area contributed by atoms with Gasteiger partial charge in [0, 0.05) is 0 Å². The van der Waals surface area contributed by atoms with Crippen molar-refractivity contribution < 1.29 is 10.2 Å². The van der Waals surface area contributed by atoms with Gasteiger partial charge in [-0.15, -0.1) is 0 Å². The molecule has 2 saturated carbocycles. The van der Waals surface area contributed by atoms with Crippen molar-refractivity contribution in [2.45, 2.75) is 84.3 Å². The lowest BCUT2D eigenvalue weighted by atomic mass is 9.48. The van der Waals surface area contributed by atoms with Gasteiger partial charge in [-0.2, -0.15) is 0 Å². The first kappa shape index (κ1) is 15.2. The molecule has 2 heteroatoms. The van der Waals surface area contributed by atoms with Crippen LogP contribution < -0.4 is 0 Å². The van der Waals surface area contributed by atoms with Crippen molar-refractivity contribution in [3.63, 3.8) is 0 Å². The normalized spacial score (nSPS) is 50.3. The molecule has 1 unspecified atom stereocenters. The summed E-state index contributed by atoms with van der Waals surface area (Å²) in [7, 11) is 0. The Balaban J connectivity index is 1.67. The zero-order chi connectivity index (χ0) is 15.7. The lowest BCUT2D eigenvalue weighted by molar-refractivity contribution is -0.127. The monoisotopic (exact) mass is 304 g/mol. The smallest absolute Gasteiger partial charge is 0.0804 e. The average Bonchev–Trinajstić information content (AvgIpc) is 2.77. The molecule has 124 valence electrons. The van der Waals surface area contributed by atoms with Gasteiger partial charge in [0.2, 0.25) is 0 Å². The molecule has 0 amide bonds. The third-order valence-electron chi connectivity index (χ3n) is 8.09. The Morgan fingerprint density at radius 1 is 0.955 bits per heavy atom. The average molecular weight is 304 g/mol. The van der Waals surface area contributed by atoms with Crippen LogP contribution in [0.2, 0.25) is 0 Å². The number of hydrogen-bond donors (Lipinski definition) is 2. The third kappa shape index (κ3) is 1.99. The van der Waals surface area contributed by atoms with E-state index in [9.17, 15) is 10.2 Å². The predicted molar refractivity (Wildman–Crippen MR) is 88.3 cm³/mol. The van der Waals surface area contributed by atoms with Gasteiger partial charge in [0.05, 0.1) is 12.2 Å². The van der Waals surface area contributed by atoms with Crippen molar-refractivity contribution in [1.29, 1.82) is 0 Å². The summed E-state index contributed by atoms with van der Waals surface area (Å²) in [5.74, 6) is 2.12. The Bertz CT molecular complexity index is 506. The van der Waals surface area contributed by atoms with Crippen LogP contribution in [0.1, 0.15) is 72.1 Å². The Hall–Kier alpha value is -0.340. The van der Waals surface area contributed by atoms with Crippen LogP contribution in [0, 0.1) is 28.6 Å².